The van der Waals surface area contributed by atoms with E-state index in [1.165, 1.54) is 0 Å². The summed E-state index contributed by atoms with van der Waals surface area (Å²) >= 11 is 11.5. The second-order valence-electron chi connectivity index (χ2n) is 4.05. The smallest absolute Gasteiger partial charge is 0.331 e. The van der Waals surface area contributed by atoms with Crippen molar-refractivity contribution in [2.45, 2.75) is 24.8 Å². The fraction of sp³-hybridized carbons (Fsp3) is 0.556. The average molecular weight is 322 g/mol. The molecule has 0 radical (unpaired) electrons. The number of rotatable bonds is 3. The summed E-state index contributed by atoms with van der Waals surface area (Å²) in [7, 11) is 0. The van der Waals surface area contributed by atoms with Crippen LogP contribution in [-0.2, 0) is 4.74 Å². The van der Waals surface area contributed by atoms with Gasteiger partial charge in [-0.05, 0) is 5.53 Å². The molecule has 20 heavy (non-hydrogen) atoms. The van der Waals surface area contributed by atoms with Gasteiger partial charge in [-0.15, -0.1) is 0 Å². The van der Waals surface area contributed by atoms with Gasteiger partial charge in [-0.3, -0.25) is 14.3 Å². The summed E-state index contributed by atoms with van der Waals surface area (Å²) in [6.45, 7) is -0.385. The summed E-state index contributed by atoms with van der Waals surface area (Å²) < 4.78 is 6.35. The number of aromatic amines is 1. The van der Waals surface area contributed by atoms with Crippen LogP contribution in [0.25, 0.3) is 10.4 Å². The Bertz CT molecular complexity index is 680. The van der Waals surface area contributed by atoms with Gasteiger partial charge in [0.15, 0.2) is 0 Å². The maximum Gasteiger partial charge on any atom is 0.331 e. The number of H-pyrrole nitrogens is 1. The Labute approximate surface area is 121 Å². The van der Waals surface area contributed by atoms with Crippen LogP contribution in [0.5, 0.6) is 0 Å². The van der Waals surface area contributed by atoms with Crippen LogP contribution in [0, 0.1) is 0 Å². The molecule has 0 aliphatic carbocycles. The van der Waals surface area contributed by atoms with Gasteiger partial charge in [-0.2, -0.15) is 0 Å². The number of aliphatic hydroxyl groups is 1. The second-order valence-corrected chi connectivity index (χ2v) is 4.79. The molecule has 0 saturated carbocycles. The van der Waals surface area contributed by atoms with Gasteiger partial charge < -0.3 is 9.84 Å². The number of aromatic nitrogens is 2. The van der Waals surface area contributed by atoms with Gasteiger partial charge >= 0.3 is 5.69 Å². The Morgan fingerprint density at radius 2 is 2.25 bits per heavy atom. The third-order valence-electron chi connectivity index (χ3n) is 2.90. The van der Waals surface area contributed by atoms with E-state index in [0.29, 0.717) is 0 Å². The Morgan fingerprint density at radius 3 is 2.85 bits per heavy atom. The van der Waals surface area contributed by atoms with Crippen molar-refractivity contribution in [3.8, 4) is 0 Å². The lowest BCUT2D eigenvalue weighted by atomic mass is 10.1. The highest BCUT2D eigenvalue weighted by Crippen LogP contribution is 2.32. The minimum atomic E-state index is -0.892. The van der Waals surface area contributed by atoms with Crippen LogP contribution in [0.15, 0.2) is 14.7 Å². The van der Waals surface area contributed by atoms with Gasteiger partial charge in [0.2, 0.25) is 0 Å². The van der Waals surface area contributed by atoms with E-state index >= 15 is 0 Å². The molecule has 108 valence electrons. The molecule has 1 saturated heterocycles. The van der Waals surface area contributed by atoms with E-state index in [1.54, 1.807) is 0 Å². The summed E-state index contributed by atoms with van der Waals surface area (Å²) in [5.74, 6) is 0. The monoisotopic (exact) mass is 321 g/mol. The van der Waals surface area contributed by atoms with Crippen molar-refractivity contribution < 1.29 is 9.84 Å². The molecule has 1 aromatic heterocycles. The van der Waals surface area contributed by atoms with E-state index in [1.807, 2.05) is 4.98 Å². The Kier molecular flexibility index (Phi) is 4.36. The Morgan fingerprint density at radius 1 is 1.55 bits per heavy atom. The summed E-state index contributed by atoms with van der Waals surface area (Å²) in [6, 6.07) is -0.649. The van der Waals surface area contributed by atoms with Gasteiger partial charge in [0.25, 0.3) is 5.56 Å². The number of nitrogens with one attached hydrogen (secondary N) is 1. The molecule has 0 unspecified atom stereocenters. The summed E-state index contributed by atoms with van der Waals surface area (Å²) in [5, 5.41) is 12.0. The van der Waals surface area contributed by atoms with Gasteiger partial charge in [-0.1, -0.05) is 28.3 Å². The highest BCUT2D eigenvalue weighted by Gasteiger charge is 2.37. The molecule has 0 aromatic carbocycles. The average Bonchev–Trinajstić information content (AvgIpc) is 2.79. The maximum absolute atomic E-state index is 11.8. The number of azide groups is 1. The van der Waals surface area contributed by atoms with Crippen molar-refractivity contribution in [3.05, 3.63) is 41.5 Å². The summed E-state index contributed by atoms with van der Waals surface area (Å²) in [5.41, 5.74) is 6.84. The fourth-order valence-electron chi connectivity index (χ4n) is 1.98. The van der Waals surface area contributed by atoms with Gasteiger partial charge in [0.05, 0.1) is 18.8 Å². The molecule has 9 nitrogen and oxygen atoms in total. The first-order chi connectivity index (χ1) is 9.49. The van der Waals surface area contributed by atoms with Crippen molar-refractivity contribution in [2.24, 2.45) is 5.11 Å². The fourth-order valence-corrected chi connectivity index (χ4v) is 2.39. The zero-order valence-electron chi connectivity index (χ0n) is 9.86. The molecule has 0 bridgehead atoms. The van der Waals surface area contributed by atoms with E-state index in [2.05, 4.69) is 10.0 Å². The zero-order chi connectivity index (χ0) is 14.9. The van der Waals surface area contributed by atoms with Crippen LogP contribution in [-0.4, -0.2) is 33.4 Å². The zero-order valence-corrected chi connectivity index (χ0v) is 11.4. The molecule has 1 aliphatic heterocycles. The quantitative estimate of drug-likeness (QED) is 0.368. The Balaban J connectivity index is 2.44. The van der Waals surface area contributed by atoms with E-state index in [-0.39, 0.29) is 23.2 Å². The molecular weight excluding hydrogens is 313 g/mol. The largest absolute Gasteiger partial charge is 0.394 e. The van der Waals surface area contributed by atoms with Gasteiger partial charge in [-0.25, -0.2) is 4.79 Å². The van der Waals surface area contributed by atoms with E-state index < -0.39 is 29.6 Å². The van der Waals surface area contributed by atoms with E-state index in [9.17, 15) is 9.59 Å². The molecule has 1 fully saturated rings. The van der Waals surface area contributed by atoms with Crippen LogP contribution in [0.3, 0.4) is 0 Å². The highest BCUT2D eigenvalue weighted by atomic mass is 35.5. The van der Waals surface area contributed by atoms with E-state index in [0.717, 1.165) is 4.57 Å². The molecule has 2 rings (SSSR count). The number of hydrogen-bond acceptors (Lipinski definition) is 5. The summed E-state index contributed by atoms with van der Waals surface area (Å²) in [4.78, 5) is 27.7. The minimum absolute atomic E-state index is 0.122. The first-order valence-corrected chi connectivity index (χ1v) is 6.25. The topological polar surface area (TPSA) is 133 Å². The number of nitrogens with zero attached hydrogens (tertiary/aromatic N) is 4. The lowest BCUT2D eigenvalue weighted by Gasteiger charge is -2.16. The number of aliphatic hydroxyl groups excluding tert-OH is 1. The highest BCUT2D eigenvalue weighted by molar-refractivity contribution is 6.41. The SMILES string of the molecule is [N-]=[N+]=N[C@H]1C[C@H](n2c(Cl)c(Cl)c(=O)[nH]c2=O)O[C@@H]1CO. The first-order valence-electron chi connectivity index (χ1n) is 5.50. The standard InChI is InChI=1S/C9H9Cl2N5O4/c10-6-7(11)16(9(19)13-8(6)18)5-1-3(14-15-12)4(2-17)20-5/h3-5,17H,1-2H2,(H,13,18,19)/t3-,4+,5+/m0/s1. The third kappa shape index (κ3) is 2.54. The van der Waals surface area contributed by atoms with Crippen molar-refractivity contribution >= 4 is 23.2 Å². The number of halogens is 2. The molecule has 11 heteroatoms. The molecule has 1 aromatic rings. The van der Waals surface area contributed by atoms with Crippen molar-refractivity contribution in [1.82, 2.24) is 9.55 Å². The van der Waals surface area contributed by atoms with Crippen LogP contribution < -0.4 is 11.2 Å². The summed E-state index contributed by atoms with van der Waals surface area (Å²) in [6.07, 6.45) is -1.53. The van der Waals surface area contributed by atoms with Crippen molar-refractivity contribution in [1.29, 1.82) is 0 Å². The predicted molar refractivity (Wildman–Crippen MR) is 69.9 cm³/mol. The lowest BCUT2D eigenvalue weighted by Crippen LogP contribution is -2.33. The number of ether oxygens (including phenoxy) is 1. The molecular formula is C9H9Cl2N5O4. The molecule has 0 amide bonds. The Hall–Kier alpha value is -1.51. The lowest BCUT2D eigenvalue weighted by molar-refractivity contribution is -0.0269. The second kappa shape index (κ2) is 5.86. The predicted octanol–water partition coefficient (Wildman–Crippen LogP) is 0.802. The minimum Gasteiger partial charge on any atom is -0.394 e. The molecule has 2 heterocycles. The van der Waals surface area contributed by atoms with Gasteiger partial charge in [0.1, 0.15) is 16.4 Å². The molecule has 2 N–H and O–H groups in total. The van der Waals surface area contributed by atoms with Crippen LogP contribution in [0.4, 0.5) is 0 Å². The van der Waals surface area contributed by atoms with Crippen LogP contribution in [0.1, 0.15) is 12.6 Å². The van der Waals surface area contributed by atoms with Crippen LogP contribution in [0.2, 0.25) is 10.2 Å². The normalized spacial score (nSPS) is 25.4. The molecule has 1 aliphatic rings. The first kappa shape index (κ1) is 14.9. The third-order valence-corrected chi connectivity index (χ3v) is 3.72. The molecule has 0 spiro atoms. The van der Waals surface area contributed by atoms with Crippen molar-refractivity contribution in [3.63, 3.8) is 0 Å². The number of hydrogen-bond donors (Lipinski definition) is 2. The van der Waals surface area contributed by atoms with E-state index in [4.69, 9.17) is 38.6 Å². The van der Waals surface area contributed by atoms with Crippen molar-refractivity contribution in [2.75, 3.05) is 6.61 Å². The van der Waals surface area contributed by atoms with Crippen LogP contribution >= 0.6 is 23.2 Å². The van der Waals surface area contributed by atoms with Gasteiger partial charge in [0, 0.05) is 11.3 Å². The molecule has 3 atom stereocenters. The maximum atomic E-state index is 11.8.